The fourth-order valence-corrected chi connectivity index (χ4v) is 2.38. The van der Waals surface area contributed by atoms with Gasteiger partial charge in [0, 0.05) is 11.1 Å². The minimum atomic E-state index is 0.0498. The molecular weight excluding hydrogens is 344 g/mol. The smallest absolute Gasteiger partial charge is 0.129 e. The van der Waals surface area contributed by atoms with Gasteiger partial charge in [0.2, 0.25) is 0 Å². The third-order valence-electron chi connectivity index (χ3n) is 3.48. The molecule has 0 N–H and O–H groups in total. The van der Waals surface area contributed by atoms with Gasteiger partial charge in [-0.15, -0.1) is 0 Å². The molecule has 0 unspecified atom stereocenters. The minimum absolute atomic E-state index is 0.0498. The lowest BCUT2D eigenvalue weighted by atomic mass is 10.1. The van der Waals surface area contributed by atoms with Gasteiger partial charge in [-0.1, -0.05) is 24.2 Å². The predicted molar refractivity (Wildman–Crippen MR) is 98.6 cm³/mol. The molecule has 8 heteroatoms. The van der Waals surface area contributed by atoms with Crippen molar-refractivity contribution < 1.29 is 9.05 Å². The van der Waals surface area contributed by atoms with Crippen LogP contribution in [0.2, 0.25) is 0 Å². The van der Waals surface area contributed by atoms with Crippen LogP contribution in [-0.2, 0) is 0 Å². The summed E-state index contributed by atoms with van der Waals surface area (Å²) in [6.07, 6.45) is 4.98. The van der Waals surface area contributed by atoms with Crippen molar-refractivity contribution in [3.8, 4) is 0 Å². The molecule has 2 rings (SSSR count). The van der Waals surface area contributed by atoms with E-state index in [1.54, 1.807) is 12.5 Å². The van der Waals surface area contributed by atoms with Gasteiger partial charge in [-0.3, -0.25) is 0 Å². The van der Waals surface area contributed by atoms with Crippen LogP contribution in [0.1, 0.15) is 61.3 Å². The lowest BCUT2D eigenvalue weighted by Crippen LogP contribution is -1.93. The number of rotatable bonds is 6. The first-order chi connectivity index (χ1) is 11.6. The van der Waals surface area contributed by atoms with E-state index < -0.39 is 0 Å². The molecule has 2 aromatic rings. The SMILES string of the molecule is CC[C@@H](N=C=S)c1conc1C.CC[C@H](N=C=S)c1conc1C. The topological polar surface area (TPSA) is 76.8 Å². The average molecular weight is 364 g/mol. The molecule has 0 aliphatic rings. The maximum atomic E-state index is 4.80. The van der Waals surface area contributed by atoms with Crippen LogP contribution in [0.4, 0.5) is 0 Å². The molecule has 0 bridgehead atoms. The number of thiocarbonyl (C=S) groups is 2. The van der Waals surface area contributed by atoms with E-state index in [1.807, 2.05) is 27.7 Å². The van der Waals surface area contributed by atoms with Gasteiger partial charge in [0.1, 0.15) is 12.5 Å². The molecular formula is C16H20N4O2S2. The molecule has 0 fully saturated rings. The van der Waals surface area contributed by atoms with Crippen LogP contribution in [0, 0.1) is 13.8 Å². The number of aromatic nitrogens is 2. The lowest BCUT2D eigenvalue weighted by molar-refractivity contribution is 0.413. The van der Waals surface area contributed by atoms with E-state index in [4.69, 9.17) is 9.05 Å². The molecule has 0 radical (unpaired) electrons. The molecule has 2 aromatic heterocycles. The quantitative estimate of drug-likeness (QED) is 0.526. The maximum absolute atomic E-state index is 4.80. The number of aliphatic imine (C=N–C) groups is 2. The Hall–Kier alpha value is -1.98. The van der Waals surface area contributed by atoms with Gasteiger partial charge >= 0.3 is 0 Å². The van der Waals surface area contributed by atoms with Crippen molar-refractivity contribution in [2.75, 3.05) is 0 Å². The Morgan fingerprint density at radius 1 is 0.917 bits per heavy atom. The normalized spacial score (nSPS) is 12.2. The second-order valence-corrected chi connectivity index (χ2v) is 5.36. The summed E-state index contributed by atoms with van der Waals surface area (Å²) in [5, 5.41) is 12.3. The highest BCUT2D eigenvalue weighted by atomic mass is 32.1. The van der Waals surface area contributed by atoms with Crippen LogP contribution in [0.25, 0.3) is 0 Å². The Balaban J connectivity index is 0.000000240. The third kappa shape index (κ3) is 5.58. The van der Waals surface area contributed by atoms with Gasteiger partial charge in [0.15, 0.2) is 0 Å². The Labute approximate surface area is 152 Å². The van der Waals surface area contributed by atoms with E-state index in [0.29, 0.717) is 0 Å². The monoisotopic (exact) mass is 364 g/mol. The number of hydrogen-bond acceptors (Lipinski definition) is 8. The van der Waals surface area contributed by atoms with Gasteiger partial charge in [0.05, 0.1) is 33.8 Å². The molecule has 0 saturated carbocycles. The van der Waals surface area contributed by atoms with Gasteiger partial charge in [-0.05, 0) is 51.1 Å². The molecule has 128 valence electrons. The summed E-state index contributed by atoms with van der Waals surface area (Å²) in [7, 11) is 0. The summed E-state index contributed by atoms with van der Waals surface area (Å²) in [4.78, 5) is 8.02. The van der Waals surface area contributed by atoms with Crippen molar-refractivity contribution in [1.29, 1.82) is 0 Å². The first-order valence-corrected chi connectivity index (χ1v) is 8.36. The molecule has 2 heterocycles. The van der Waals surface area contributed by atoms with Gasteiger partial charge < -0.3 is 9.05 Å². The summed E-state index contributed by atoms with van der Waals surface area (Å²) < 4.78 is 9.61. The Bertz CT molecular complexity index is 666. The summed E-state index contributed by atoms with van der Waals surface area (Å²) in [5.74, 6) is 0. The minimum Gasteiger partial charge on any atom is -0.364 e. The van der Waals surface area contributed by atoms with Crippen LogP contribution in [0.5, 0.6) is 0 Å². The van der Waals surface area contributed by atoms with Gasteiger partial charge in [-0.2, -0.15) is 0 Å². The van der Waals surface area contributed by atoms with E-state index in [-0.39, 0.29) is 12.1 Å². The van der Waals surface area contributed by atoms with Crippen LogP contribution in [0.15, 0.2) is 31.6 Å². The largest absolute Gasteiger partial charge is 0.364 e. The summed E-state index contributed by atoms with van der Waals surface area (Å²) in [6, 6.07) is 0.0995. The van der Waals surface area contributed by atoms with Crippen LogP contribution in [0.3, 0.4) is 0 Å². The van der Waals surface area contributed by atoms with Crippen molar-refractivity contribution in [3.05, 3.63) is 35.0 Å². The molecule has 0 aliphatic carbocycles. The maximum Gasteiger partial charge on any atom is 0.129 e. The number of isothiocyanates is 2. The summed E-state index contributed by atoms with van der Waals surface area (Å²) in [5.41, 5.74) is 3.73. The van der Waals surface area contributed by atoms with Gasteiger partial charge in [0.25, 0.3) is 0 Å². The predicted octanol–water partition coefficient (Wildman–Crippen LogP) is 5.07. The first-order valence-electron chi connectivity index (χ1n) is 7.54. The first kappa shape index (κ1) is 20.1. The van der Waals surface area contributed by atoms with E-state index in [2.05, 4.69) is 55.1 Å². The molecule has 0 aromatic carbocycles. The van der Waals surface area contributed by atoms with Crippen LogP contribution in [-0.4, -0.2) is 20.6 Å². The lowest BCUT2D eigenvalue weighted by Gasteiger charge is -2.03. The van der Waals surface area contributed by atoms with E-state index >= 15 is 0 Å². The van der Waals surface area contributed by atoms with Gasteiger partial charge in [-0.25, -0.2) is 9.98 Å². The fraction of sp³-hybridized carbons (Fsp3) is 0.500. The average Bonchev–Trinajstić information content (AvgIpc) is 3.19. The van der Waals surface area contributed by atoms with Crippen molar-refractivity contribution in [3.63, 3.8) is 0 Å². The fourth-order valence-electron chi connectivity index (χ4n) is 2.13. The van der Waals surface area contributed by atoms with E-state index in [0.717, 1.165) is 35.4 Å². The molecule has 6 nitrogen and oxygen atoms in total. The molecule has 0 amide bonds. The number of hydrogen-bond donors (Lipinski definition) is 0. The zero-order chi connectivity index (χ0) is 17.9. The number of aryl methyl sites for hydroxylation is 2. The number of nitrogens with zero attached hydrogens (tertiary/aromatic N) is 4. The summed E-state index contributed by atoms with van der Waals surface area (Å²) >= 11 is 9.09. The van der Waals surface area contributed by atoms with Crippen LogP contribution >= 0.6 is 24.4 Å². The standard InChI is InChI=1S/2C8H10N2OS/c2*1-3-8(9-5-12)7-4-11-10-6(7)2/h2*4,8H,3H2,1-2H3/t2*8-/m10/s1. The van der Waals surface area contributed by atoms with Crippen molar-refractivity contribution in [2.24, 2.45) is 9.98 Å². The highest BCUT2D eigenvalue weighted by Gasteiger charge is 2.13. The Morgan fingerprint density at radius 2 is 1.29 bits per heavy atom. The highest BCUT2D eigenvalue weighted by molar-refractivity contribution is 7.78. The summed E-state index contributed by atoms with van der Waals surface area (Å²) in [6.45, 7) is 7.85. The Kier molecular flexibility index (Phi) is 8.97. The van der Waals surface area contributed by atoms with Crippen LogP contribution < -0.4 is 0 Å². The zero-order valence-electron chi connectivity index (χ0n) is 14.1. The Morgan fingerprint density at radius 3 is 1.50 bits per heavy atom. The molecule has 0 aliphatic heterocycles. The second kappa shape index (κ2) is 10.7. The second-order valence-electron chi connectivity index (χ2n) is 5.00. The van der Waals surface area contributed by atoms with Crippen molar-refractivity contribution in [2.45, 2.75) is 52.6 Å². The zero-order valence-corrected chi connectivity index (χ0v) is 15.8. The van der Waals surface area contributed by atoms with Crippen molar-refractivity contribution in [1.82, 2.24) is 10.3 Å². The third-order valence-corrected chi connectivity index (χ3v) is 3.69. The van der Waals surface area contributed by atoms with E-state index in [1.165, 1.54) is 0 Å². The van der Waals surface area contributed by atoms with Crippen molar-refractivity contribution >= 4 is 34.8 Å². The molecule has 0 saturated heterocycles. The highest BCUT2D eigenvalue weighted by Crippen LogP contribution is 2.23. The van der Waals surface area contributed by atoms with E-state index in [9.17, 15) is 0 Å². The molecule has 24 heavy (non-hydrogen) atoms. The molecule has 0 spiro atoms. The molecule has 2 atom stereocenters.